The SMILES string of the molecule is O=NC1(O)CCc2ccccc21. The van der Waals surface area contributed by atoms with E-state index >= 15 is 0 Å². The van der Waals surface area contributed by atoms with E-state index in [0.29, 0.717) is 12.0 Å². The second kappa shape index (κ2) is 2.38. The van der Waals surface area contributed by atoms with E-state index in [1.165, 1.54) is 0 Å². The Morgan fingerprint density at radius 3 is 2.92 bits per heavy atom. The third-order valence-electron chi connectivity index (χ3n) is 2.34. The highest BCUT2D eigenvalue weighted by Crippen LogP contribution is 2.37. The Hall–Kier alpha value is -1.22. The van der Waals surface area contributed by atoms with Gasteiger partial charge in [0.05, 0.1) is 0 Å². The van der Waals surface area contributed by atoms with E-state index < -0.39 is 5.72 Å². The smallest absolute Gasteiger partial charge is 0.224 e. The van der Waals surface area contributed by atoms with Crippen molar-refractivity contribution in [3.05, 3.63) is 40.3 Å². The Kier molecular flexibility index (Phi) is 1.48. The van der Waals surface area contributed by atoms with Gasteiger partial charge in [-0.15, -0.1) is 4.91 Å². The highest BCUT2D eigenvalue weighted by atomic mass is 16.4. The van der Waals surface area contributed by atoms with Crippen molar-refractivity contribution in [2.24, 2.45) is 5.18 Å². The number of hydrogen-bond donors (Lipinski definition) is 1. The fraction of sp³-hybridized carbons (Fsp3) is 0.333. The molecule has 1 atom stereocenters. The maximum absolute atomic E-state index is 10.4. The summed E-state index contributed by atoms with van der Waals surface area (Å²) in [6.07, 6.45) is 1.15. The van der Waals surface area contributed by atoms with Gasteiger partial charge in [-0.05, 0) is 17.2 Å². The van der Waals surface area contributed by atoms with Gasteiger partial charge in [-0.25, -0.2) is 0 Å². The normalized spacial score (nSPS) is 26.8. The Morgan fingerprint density at radius 1 is 1.42 bits per heavy atom. The third kappa shape index (κ3) is 0.865. The lowest BCUT2D eigenvalue weighted by atomic mass is 10.1. The first kappa shape index (κ1) is 7.43. The van der Waals surface area contributed by atoms with Gasteiger partial charge in [-0.3, -0.25) is 0 Å². The largest absolute Gasteiger partial charge is 0.363 e. The number of nitrogens with zero attached hydrogens (tertiary/aromatic N) is 1. The van der Waals surface area contributed by atoms with Crippen molar-refractivity contribution < 1.29 is 5.11 Å². The molecule has 1 unspecified atom stereocenters. The average Bonchev–Trinajstić information content (AvgIpc) is 2.46. The average molecular weight is 163 g/mol. The molecule has 0 aromatic heterocycles. The minimum atomic E-state index is -1.46. The van der Waals surface area contributed by atoms with E-state index in [0.717, 1.165) is 12.0 Å². The second-order valence-electron chi connectivity index (χ2n) is 3.07. The molecule has 0 saturated carbocycles. The van der Waals surface area contributed by atoms with E-state index in [9.17, 15) is 10.0 Å². The summed E-state index contributed by atoms with van der Waals surface area (Å²) in [7, 11) is 0. The van der Waals surface area contributed by atoms with Crippen LogP contribution < -0.4 is 0 Å². The molecule has 1 N–H and O–H groups in total. The van der Waals surface area contributed by atoms with Gasteiger partial charge in [0.25, 0.3) is 0 Å². The van der Waals surface area contributed by atoms with Gasteiger partial charge in [0, 0.05) is 12.0 Å². The maximum Gasteiger partial charge on any atom is 0.224 e. The summed E-state index contributed by atoms with van der Waals surface area (Å²) >= 11 is 0. The van der Waals surface area contributed by atoms with Crippen LogP contribution in [0, 0.1) is 4.91 Å². The predicted octanol–water partition coefficient (Wildman–Crippen LogP) is 1.54. The number of aryl methyl sites for hydroxylation is 1. The molecule has 1 aromatic rings. The number of nitroso groups, excluding NO2 is 1. The van der Waals surface area contributed by atoms with Crippen molar-refractivity contribution in [3.8, 4) is 0 Å². The molecule has 62 valence electrons. The molecule has 3 nitrogen and oxygen atoms in total. The Labute approximate surface area is 70.0 Å². The fourth-order valence-electron chi connectivity index (χ4n) is 1.67. The first-order valence-corrected chi connectivity index (χ1v) is 3.91. The molecule has 0 amide bonds. The van der Waals surface area contributed by atoms with Crippen LogP contribution in [0.4, 0.5) is 0 Å². The standard InChI is InChI=1S/C9H9NO2/c11-9(10-12)6-5-7-3-1-2-4-8(7)9/h1-4,11H,5-6H2. The molecule has 3 heteroatoms. The van der Waals surface area contributed by atoms with Crippen molar-refractivity contribution in [3.63, 3.8) is 0 Å². The molecule has 1 aliphatic carbocycles. The molecular weight excluding hydrogens is 154 g/mol. The van der Waals surface area contributed by atoms with E-state index in [4.69, 9.17) is 0 Å². The molecule has 0 bridgehead atoms. The summed E-state index contributed by atoms with van der Waals surface area (Å²) in [5.41, 5.74) is 0.232. The number of rotatable bonds is 1. The Bertz CT molecular complexity index is 324. The first-order chi connectivity index (χ1) is 5.76. The van der Waals surface area contributed by atoms with Gasteiger partial charge in [0.1, 0.15) is 0 Å². The van der Waals surface area contributed by atoms with Gasteiger partial charge >= 0.3 is 0 Å². The van der Waals surface area contributed by atoms with Gasteiger partial charge in [-0.1, -0.05) is 24.3 Å². The highest BCUT2D eigenvalue weighted by Gasteiger charge is 2.37. The van der Waals surface area contributed by atoms with E-state index in [1.54, 1.807) is 12.1 Å². The van der Waals surface area contributed by atoms with Gasteiger partial charge in [-0.2, -0.15) is 0 Å². The highest BCUT2D eigenvalue weighted by molar-refractivity contribution is 5.36. The zero-order valence-electron chi connectivity index (χ0n) is 6.53. The predicted molar refractivity (Wildman–Crippen MR) is 44.5 cm³/mol. The van der Waals surface area contributed by atoms with Gasteiger partial charge < -0.3 is 5.11 Å². The van der Waals surface area contributed by atoms with Crippen LogP contribution in [0.1, 0.15) is 17.5 Å². The van der Waals surface area contributed by atoms with E-state index in [2.05, 4.69) is 5.18 Å². The molecule has 1 aliphatic rings. The summed E-state index contributed by atoms with van der Waals surface area (Å²) < 4.78 is 0. The van der Waals surface area contributed by atoms with Crippen molar-refractivity contribution in [2.75, 3.05) is 0 Å². The number of fused-ring (bicyclic) bond motifs is 1. The van der Waals surface area contributed by atoms with Crippen LogP contribution in [0.25, 0.3) is 0 Å². The van der Waals surface area contributed by atoms with Crippen LogP contribution in [0.2, 0.25) is 0 Å². The Morgan fingerprint density at radius 2 is 2.17 bits per heavy atom. The Balaban J connectivity index is 2.56. The lowest BCUT2D eigenvalue weighted by Gasteiger charge is -2.12. The van der Waals surface area contributed by atoms with Crippen LogP contribution in [0.3, 0.4) is 0 Å². The lowest BCUT2D eigenvalue weighted by molar-refractivity contribution is 0.0467. The number of aliphatic hydroxyl groups is 1. The summed E-state index contributed by atoms with van der Waals surface area (Å²) in [5, 5.41) is 12.4. The summed E-state index contributed by atoms with van der Waals surface area (Å²) in [6.45, 7) is 0. The fourth-order valence-corrected chi connectivity index (χ4v) is 1.67. The maximum atomic E-state index is 10.4. The molecule has 0 heterocycles. The van der Waals surface area contributed by atoms with E-state index in [1.807, 2.05) is 12.1 Å². The van der Waals surface area contributed by atoms with Crippen LogP contribution in [0.5, 0.6) is 0 Å². The summed E-state index contributed by atoms with van der Waals surface area (Å²) in [6, 6.07) is 7.37. The molecular formula is C9H9NO2. The van der Waals surface area contributed by atoms with Crippen LogP contribution in [-0.2, 0) is 12.1 Å². The quantitative estimate of drug-likeness (QED) is 0.638. The lowest BCUT2D eigenvalue weighted by Crippen LogP contribution is -2.17. The topological polar surface area (TPSA) is 49.7 Å². The molecule has 0 saturated heterocycles. The number of benzene rings is 1. The second-order valence-corrected chi connectivity index (χ2v) is 3.07. The zero-order chi connectivity index (χ0) is 8.60. The third-order valence-corrected chi connectivity index (χ3v) is 2.34. The minimum Gasteiger partial charge on any atom is -0.363 e. The zero-order valence-corrected chi connectivity index (χ0v) is 6.53. The first-order valence-electron chi connectivity index (χ1n) is 3.91. The molecule has 0 aliphatic heterocycles. The molecule has 1 aromatic carbocycles. The van der Waals surface area contributed by atoms with Gasteiger partial charge in [0.15, 0.2) is 0 Å². The summed E-state index contributed by atoms with van der Waals surface area (Å²) in [4.78, 5) is 10.4. The van der Waals surface area contributed by atoms with Gasteiger partial charge in [0.2, 0.25) is 5.72 Å². The molecule has 2 rings (SSSR count). The van der Waals surface area contributed by atoms with Crippen molar-refractivity contribution in [2.45, 2.75) is 18.6 Å². The molecule has 0 fully saturated rings. The molecule has 12 heavy (non-hydrogen) atoms. The molecule has 0 spiro atoms. The minimum absolute atomic E-state index is 0.413. The monoisotopic (exact) mass is 163 g/mol. The van der Waals surface area contributed by atoms with Crippen LogP contribution in [-0.4, -0.2) is 5.11 Å². The molecule has 0 radical (unpaired) electrons. The van der Waals surface area contributed by atoms with Crippen molar-refractivity contribution >= 4 is 0 Å². The van der Waals surface area contributed by atoms with Crippen LogP contribution in [0.15, 0.2) is 29.4 Å². The van der Waals surface area contributed by atoms with E-state index in [-0.39, 0.29) is 0 Å². The van der Waals surface area contributed by atoms with Crippen molar-refractivity contribution in [1.82, 2.24) is 0 Å². The van der Waals surface area contributed by atoms with Crippen molar-refractivity contribution in [1.29, 1.82) is 0 Å². The number of hydrogen-bond acceptors (Lipinski definition) is 3. The summed E-state index contributed by atoms with van der Waals surface area (Å²) in [5.74, 6) is 0. The van der Waals surface area contributed by atoms with Crippen LogP contribution >= 0.6 is 0 Å².